The van der Waals surface area contributed by atoms with Crippen LogP contribution in [0.5, 0.6) is 0 Å². The molecule has 5 nitrogen and oxygen atoms in total. The lowest BCUT2D eigenvalue weighted by Crippen LogP contribution is -2.35. The maximum absolute atomic E-state index is 12.6. The molecule has 0 radical (unpaired) electrons. The number of amides is 1. The zero-order valence-corrected chi connectivity index (χ0v) is 16.1. The van der Waals surface area contributed by atoms with Gasteiger partial charge >= 0.3 is 0 Å². The predicted molar refractivity (Wildman–Crippen MR) is 102 cm³/mol. The van der Waals surface area contributed by atoms with E-state index in [1.54, 1.807) is 40.3 Å². The van der Waals surface area contributed by atoms with Gasteiger partial charge in [0.2, 0.25) is 15.9 Å². The third-order valence-electron chi connectivity index (χ3n) is 4.84. The number of piperidine rings is 1. The highest BCUT2D eigenvalue weighted by Gasteiger charge is 2.25. The van der Waals surface area contributed by atoms with Gasteiger partial charge in [0.05, 0.1) is 10.6 Å². The number of carbonyl (C=O) groups excluding carboxylic acids is 1. The molecule has 1 aliphatic carbocycles. The van der Waals surface area contributed by atoms with Gasteiger partial charge in [-0.15, -0.1) is 11.8 Å². The molecule has 0 spiro atoms. The Morgan fingerprint density at radius 2 is 1.68 bits per heavy atom. The first-order valence-electron chi connectivity index (χ1n) is 9.07. The van der Waals surface area contributed by atoms with Crippen LogP contribution in [0.2, 0.25) is 0 Å². The van der Waals surface area contributed by atoms with Gasteiger partial charge in [0.25, 0.3) is 0 Å². The minimum Gasteiger partial charge on any atom is -0.325 e. The molecule has 7 heteroatoms. The van der Waals surface area contributed by atoms with Gasteiger partial charge in [-0.05, 0) is 49.9 Å². The largest absolute Gasteiger partial charge is 0.325 e. The Balaban J connectivity index is 1.55. The van der Waals surface area contributed by atoms with Gasteiger partial charge in [-0.3, -0.25) is 4.79 Å². The van der Waals surface area contributed by atoms with Crippen LogP contribution in [-0.2, 0) is 14.8 Å². The van der Waals surface area contributed by atoms with Crippen molar-refractivity contribution >= 4 is 33.4 Å². The summed E-state index contributed by atoms with van der Waals surface area (Å²) >= 11 is 1.72. The minimum absolute atomic E-state index is 0.0245. The Labute approximate surface area is 154 Å². The van der Waals surface area contributed by atoms with Crippen molar-refractivity contribution in [1.29, 1.82) is 0 Å². The molecule has 0 bridgehead atoms. The minimum atomic E-state index is -3.41. The highest BCUT2D eigenvalue weighted by molar-refractivity contribution is 8.00. The highest BCUT2D eigenvalue weighted by Crippen LogP contribution is 2.29. The molecule has 1 saturated heterocycles. The molecule has 1 aromatic rings. The van der Waals surface area contributed by atoms with Gasteiger partial charge in [0.1, 0.15) is 0 Å². The Bertz CT molecular complexity index is 677. The van der Waals surface area contributed by atoms with E-state index in [9.17, 15) is 13.2 Å². The van der Waals surface area contributed by atoms with Crippen molar-refractivity contribution in [2.75, 3.05) is 24.2 Å². The number of anilines is 1. The van der Waals surface area contributed by atoms with E-state index in [0.717, 1.165) is 19.3 Å². The molecular formula is C18H26N2O3S2. The second-order valence-electron chi connectivity index (χ2n) is 6.75. The first-order chi connectivity index (χ1) is 12.1. The molecule has 1 aromatic carbocycles. The van der Waals surface area contributed by atoms with E-state index in [0.29, 0.717) is 34.7 Å². The fraction of sp³-hybridized carbons (Fsp3) is 0.611. The number of thioether (sulfide) groups is 1. The number of nitrogens with zero attached hydrogens (tertiary/aromatic N) is 1. The molecule has 1 amide bonds. The maximum atomic E-state index is 12.6. The monoisotopic (exact) mass is 382 g/mol. The molecule has 1 saturated carbocycles. The third kappa shape index (κ3) is 4.99. The van der Waals surface area contributed by atoms with E-state index in [-0.39, 0.29) is 5.91 Å². The molecule has 1 N–H and O–H groups in total. The van der Waals surface area contributed by atoms with Gasteiger partial charge < -0.3 is 5.32 Å². The summed E-state index contributed by atoms with van der Waals surface area (Å²) in [6, 6.07) is 6.53. The van der Waals surface area contributed by atoms with Crippen LogP contribution in [0, 0.1) is 0 Å². The van der Waals surface area contributed by atoms with Gasteiger partial charge in [0.15, 0.2) is 0 Å². The van der Waals surface area contributed by atoms with Crippen LogP contribution < -0.4 is 5.32 Å². The number of hydrogen-bond acceptors (Lipinski definition) is 4. The van der Waals surface area contributed by atoms with E-state index < -0.39 is 10.0 Å². The van der Waals surface area contributed by atoms with Gasteiger partial charge in [-0.1, -0.05) is 19.3 Å². The Morgan fingerprint density at radius 3 is 2.32 bits per heavy atom. The normalized spacial score (nSPS) is 19.8. The van der Waals surface area contributed by atoms with Crippen LogP contribution in [0.1, 0.15) is 44.9 Å². The topological polar surface area (TPSA) is 66.5 Å². The van der Waals surface area contributed by atoms with Gasteiger partial charge in [-0.2, -0.15) is 4.31 Å². The molecule has 1 heterocycles. The van der Waals surface area contributed by atoms with Gasteiger partial charge in [-0.25, -0.2) is 8.42 Å². The second kappa shape index (κ2) is 8.56. The van der Waals surface area contributed by atoms with Crippen molar-refractivity contribution in [3.8, 4) is 0 Å². The smallest absolute Gasteiger partial charge is 0.243 e. The number of benzene rings is 1. The van der Waals surface area contributed by atoms with Gasteiger partial charge in [0, 0.05) is 24.0 Å². The lowest BCUT2D eigenvalue weighted by molar-refractivity contribution is -0.113. The summed E-state index contributed by atoms with van der Waals surface area (Å²) < 4.78 is 26.8. The molecule has 25 heavy (non-hydrogen) atoms. The first kappa shape index (κ1) is 18.7. The number of carbonyl (C=O) groups is 1. The molecule has 2 aliphatic rings. The number of nitrogens with one attached hydrogen (secondary N) is 1. The summed E-state index contributed by atoms with van der Waals surface area (Å²) in [5, 5.41) is 3.47. The lowest BCUT2D eigenvalue weighted by Gasteiger charge is -2.25. The van der Waals surface area contributed by atoms with Crippen molar-refractivity contribution in [2.24, 2.45) is 0 Å². The molecular weight excluding hydrogens is 356 g/mol. The molecule has 0 unspecified atom stereocenters. The molecule has 1 aliphatic heterocycles. The lowest BCUT2D eigenvalue weighted by atomic mass is 10.2. The fourth-order valence-corrected chi connectivity index (χ4v) is 6.05. The van der Waals surface area contributed by atoms with Crippen molar-refractivity contribution in [3.63, 3.8) is 0 Å². The number of sulfonamides is 1. The molecule has 0 atom stereocenters. The van der Waals surface area contributed by atoms with E-state index in [4.69, 9.17) is 0 Å². The molecule has 138 valence electrons. The maximum Gasteiger partial charge on any atom is 0.243 e. The van der Waals surface area contributed by atoms with E-state index in [2.05, 4.69) is 5.32 Å². The number of hydrogen-bond donors (Lipinski definition) is 1. The summed E-state index contributed by atoms with van der Waals surface area (Å²) in [7, 11) is -3.41. The number of rotatable bonds is 6. The first-order valence-corrected chi connectivity index (χ1v) is 11.6. The van der Waals surface area contributed by atoms with E-state index in [1.807, 2.05) is 0 Å². The van der Waals surface area contributed by atoms with Crippen molar-refractivity contribution in [3.05, 3.63) is 24.3 Å². The van der Waals surface area contributed by atoms with Crippen molar-refractivity contribution in [1.82, 2.24) is 4.31 Å². The van der Waals surface area contributed by atoms with Crippen molar-refractivity contribution in [2.45, 2.75) is 55.1 Å². The molecule has 3 rings (SSSR count). The van der Waals surface area contributed by atoms with Crippen LogP contribution in [0.25, 0.3) is 0 Å². The average Bonchev–Trinajstić information content (AvgIpc) is 3.15. The van der Waals surface area contributed by atoms with Crippen LogP contribution in [0.15, 0.2) is 29.2 Å². The second-order valence-corrected chi connectivity index (χ2v) is 9.98. The molecule has 2 fully saturated rings. The summed E-state index contributed by atoms with van der Waals surface area (Å²) in [4.78, 5) is 12.3. The summed E-state index contributed by atoms with van der Waals surface area (Å²) in [5.74, 6) is 0.432. The summed E-state index contributed by atoms with van der Waals surface area (Å²) in [5.41, 5.74) is 0.648. The van der Waals surface area contributed by atoms with E-state index in [1.165, 1.54) is 25.7 Å². The van der Waals surface area contributed by atoms with Crippen molar-refractivity contribution < 1.29 is 13.2 Å². The van der Waals surface area contributed by atoms with E-state index >= 15 is 0 Å². The summed E-state index contributed by atoms with van der Waals surface area (Å²) in [6.45, 7) is 1.19. The third-order valence-corrected chi connectivity index (χ3v) is 8.13. The predicted octanol–water partition coefficient (Wildman–Crippen LogP) is 3.48. The fourth-order valence-electron chi connectivity index (χ4n) is 3.41. The summed E-state index contributed by atoms with van der Waals surface area (Å²) in [6.07, 6.45) is 7.90. The Hall–Kier alpha value is -1.05. The van der Waals surface area contributed by atoms with Crippen LogP contribution in [-0.4, -0.2) is 42.7 Å². The van der Waals surface area contributed by atoms with Crippen LogP contribution >= 0.6 is 11.8 Å². The quantitative estimate of drug-likeness (QED) is 0.818. The zero-order valence-electron chi connectivity index (χ0n) is 14.4. The SMILES string of the molecule is O=C(CSC1CCCC1)Nc1ccc(S(=O)(=O)N2CCCCC2)cc1. The Morgan fingerprint density at radius 1 is 1.04 bits per heavy atom. The highest BCUT2D eigenvalue weighted by atomic mass is 32.2. The standard InChI is InChI=1S/C18H26N2O3S2/c21-18(14-24-16-6-2-3-7-16)19-15-8-10-17(11-9-15)25(22,23)20-12-4-1-5-13-20/h8-11,16H,1-7,12-14H2,(H,19,21). The average molecular weight is 383 g/mol. The van der Waals surface area contributed by atoms with Crippen LogP contribution in [0.4, 0.5) is 5.69 Å². The zero-order chi connectivity index (χ0) is 17.7. The van der Waals surface area contributed by atoms with Crippen LogP contribution in [0.3, 0.4) is 0 Å². The Kier molecular flexibility index (Phi) is 6.41. The molecule has 0 aromatic heterocycles.